The molecule has 0 bridgehead atoms. The number of fused-ring (bicyclic) bond motifs is 1. The lowest BCUT2D eigenvalue weighted by molar-refractivity contribution is 0.443. The number of hydrazone groups is 1. The summed E-state index contributed by atoms with van der Waals surface area (Å²) < 4.78 is 0. The maximum atomic E-state index is 6.17. The number of halogens is 1. The van der Waals surface area contributed by atoms with Crippen molar-refractivity contribution < 1.29 is 0 Å². The fourth-order valence-electron chi connectivity index (χ4n) is 2.38. The van der Waals surface area contributed by atoms with Crippen molar-refractivity contribution in [1.29, 1.82) is 0 Å². The Morgan fingerprint density at radius 1 is 1.14 bits per heavy atom. The Labute approximate surface area is 127 Å². The van der Waals surface area contributed by atoms with E-state index in [2.05, 4.69) is 10.1 Å². The predicted molar refractivity (Wildman–Crippen MR) is 85.2 cm³/mol. The number of guanidine groups is 1. The van der Waals surface area contributed by atoms with Crippen molar-refractivity contribution >= 4 is 23.3 Å². The van der Waals surface area contributed by atoms with Crippen LogP contribution in [0.5, 0.6) is 0 Å². The van der Waals surface area contributed by atoms with E-state index in [1.165, 1.54) is 0 Å². The highest BCUT2D eigenvalue weighted by atomic mass is 35.5. The third-order valence-corrected chi connectivity index (χ3v) is 3.51. The van der Waals surface area contributed by atoms with E-state index in [4.69, 9.17) is 17.3 Å². The third kappa shape index (κ3) is 2.62. The number of nitrogens with zero attached hydrogens (tertiary/aromatic N) is 3. The van der Waals surface area contributed by atoms with Crippen LogP contribution in [0, 0.1) is 0 Å². The summed E-state index contributed by atoms with van der Waals surface area (Å²) >= 11 is 6.17. The van der Waals surface area contributed by atoms with Gasteiger partial charge in [-0.15, -0.1) is 5.10 Å². The van der Waals surface area contributed by atoms with Gasteiger partial charge in [0.05, 0.1) is 11.1 Å². The SMILES string of the molecule is CCN1N=C(N)N=c2ccc(Cl)cc2=C1c1ccccc1. The molecule has 2 aromatic carbocycles. The zero-order valence-electron chi connectivity index (χ0n) is 11.6. The zero-order valence-corrected chi connectivity index (χ0v) is 12.4. The summed E-state index contributed by atoms with van der Waals surface area (Å²) in [5.74, 6) is 0.242. The van der Waals surface area contributed by atoms with Crippen LogP contribution in [-0.4, -0.2) is 17.5 Å². The molecule has 0 spiro atoms. The van der Waals surface area contributed by atoms with Crippen molar-refractivity contribution in [3.63, 3.8) is 0 Å². The number of hydrogen-bond donors (Lipinski definition) is 1. The Balaban J connectivity index is 2.43. The van der Waals surface area contributed by atoms with Gasteiger partial charge in [0.15, 0.2) is 0 Å². The van der Waals surface area contributed by atoms with Gasteiger partial charge in [0.25, 0.3) is 0 Å². The maximum absolute atomic E-state index is 6.17. The van der Waals surface area contributed by atoms with Crippen LogP contribution in [0.4, 0.5) is 0 Å². The van der Waals surface area contributed by atoms with Gasteiger partial charge in [0, 0.05) is 22.3 Å². The highest BCUT2D eigenvalue weighted by Gasteiger charge is 2.14. The van der Waals surface area contributed by atoms with Gasteiger partial charge in [-0.3, -0.25) is 5.01 Å². The molecule has 0 fully saturated rings. The Morgan fingerprint density at radius 2 is 1.90 bits per heavy atom. The Kier molecular flexibility index (Phi) is 3.62. The van der Waals surface area contributed by atoms with E-state index in [-0.39, 0.29) is 5.96 Å². The summed E-state index contributed by atoms with van der Waals surface area (Å²) in [5.41, 5.74) is 7.90. The minimum absolute atomic E-state index is 0.242. The van der Waals surface area contributed by atoms with Gasteiger partial charge < -0.3 is 5.73 Å². The molecule has 0 saturated carbocycles. The molecule has 1 heterocycles. The van der Waals surface area contributed by atoms with Crippen LogP contribution < -0.4 is 16.3 Å². The van der Waals surface area contributed by atoms with E-state index < -0.39 is 0 Å². The second-order valence-electron chi connectivity index (χ2n) is 4.66. The van der Waals surface area contributed by atoms with E-state index >= 15 is 0 Å². The molecule has 4 nitrogen and oxygen atoms in total. The Bertz CT molecular complexity index is 812. The summed E-state index contributed by atoms with van der Waals surface area (Å²) in [7, 11) is 0. The minimum Gasteiger partial charge on any atom is -0.367 e. The molecular formula is C16H15ClN4. The van der Waals surface area contributed by atoms with Crippen LogP contribution >= 0.6 is 11.6 Å². The maximum Gasteiger partial charge on any atom is 0.238 e. The summed E-state index contributed by atoms with van der Waals surface area (Å²) in [4.78, 5) is 4.36. The van der Waals surface area contributed by atoms with Gasteiger partial charge >= 0.3 is 0 Å². The van der Waals surface area contributed by atoms with Gasteiger partial charge in [-0.25, -0.2) is 4.99 Å². The standard InChI is InChI=1S/C16H15ClN4/c1-2-21-15(11-6-4-3-5-7-11)13-10-12(17)8-9-14(13)19-16(18)20-21/h3-10H,2H2,1H3,(H2,18,20). The van der Waals surface area contributed by atoms with Crippen LogP contribution in [0.1, 0.15) is 12.5 Å². The fraction of sp³-hybridized carbons (Fsp3) is 0.125. The quantitative estimate of drug-likeness (QED) is 0.917. The normalized spacial score (nSPS) is 14.1. The molecule has 0 atom stereocenters. The van der Waals surface area contributed by atoms with Gasteiger partial charge in [0.2, 0.25) is 5.96 Å². The molecule has 1 aliphatic heterocycles. The molecular weight excluding hydrogens is 284 g/mol. The predicted octanol–water partition coefficient (Wildman–Crippen LogP) is 1.68. The van der Waals surface area contributed by atoms with Gasteiger partial charge in [-0.1, -0.05) is 41.9 Å². The molecule has 1 aliphatic rings. The molecule has 5 heteroatoms. The van der Waals surface area contributed by atoms with Crippen molar-refractivity contribution in [2.75, 3.05) is 6.54 Å². The first-order valence-corrected chi connectivity index (χ1v) is 7.12. The monoisotopic (exact) mass is 298 g/mol. The summed E-state index contributed by atoms with van der Waals surface area (Å²) in [5, 5.41) is 8.60. The van der Waals surface area contributed by atoms with Crippen LogP contribution in [0.25, 0.3) is 5.70 Å². The molecule has 3 rings (SSSR count). The van der Waals surface area contributed by atoms with Crippen LogP contribution in [0.15, 0.2) is 58.6 Å². The Hall–Kier alpha value is -2.33. The van der Waals surface area contributed by atoms with Crippen LogP contribution in [0.2, 0.25) is 5.02 Å². The van der Waals surface area contributed by atoms with Crippen molar-refractivity contribution in [2.45, 2.75) is 6.92 Å². The molecule has 0 amide bonds. The van der Waals surface area contributed by atoms with E-state index in [1.54, 1.807) is 6.07 Å². The van der Waals surface area contributed by atoms with Crippen LogP contribution in [-0.2, 0) is 0 Å². The van der Waals surface area contributed by atoms with E-state index in [9.17, 15) is 0 Å². The average Bonchev–Trinajstić information content (AvgIpc) is 2.63. The average molecular weight is 299 g/mol. The number of nitrogens with two attached hydrogens (primary N) is 1. The lowest BCUT2D eigenvalue weighted by Gasteiger charge is -2.20. The molecule has 21 heavy (non-hydrogen) atoms. The largest absolute Gasteiger partial charge is 0.367 e. The van der Waals surface area contributed by atoms with Crippen molar-refractivity contribution in [1.82, 2.24) is 5.01 Å². The lowest BCUT2D eigenvalue weighted by atomic mass is 10.1. The van der Waals surface area contributed by atoms with Gasteiger partial charge in [0.1, 0.15) is 0 Å². The van der Waals surface area contributed by atoms with E-state index in [1.807, 2.05) is 54.4 Å². The highest BCUT2D eigenvalue weighted by molar-refractivity contribution is 6.30. The molecule has 0 aliphatic carbocycles. The third-order valence-electron chi connectivity index (χ3n) is 3.28. The molecule has 2 N–H and O–H groups in total. The molecule has 0 saturated heterocycles. The van der Waals surface area contributed by atoms with Crippen molar-refractivity contribution in [3.05, 3.63) is 69.7 Å². The van der Waals surface area contributed by atoms with Crippen LogP contribution in [0.3, 0.4) is 0 Å². The molecule has 106 valence electrons. The first-order chi connectivity index (χ1) is 10.2. The topological polar surface area (TPSA) is 54.0 Å². The highest BCUT2D eigenvalue weighted by Crippen LogP contribution is 2.17. The second-order valence-corrected chi connectivity index (χ2v) is 5.10. The lowest BCUT2D eigenvalue weighted by Crippen LogP contribution is -2.32. The first-order valence-electron chi connectivity index (χ1n) is 6.74. The number of hydrogen-bond acceptors (Lipinski definition) is 4. The van der Waals surface area contributed by atoms with Gasteiger partial charge in [-0.05, 0) is 25.1 Å². The number of rotatable bonds is 2. The molecule has 0 aromatic heterocycles. The summed E-state index contributed by atoms with van der Waals surface area (Å²) in [6.07, 6.45) is 0. The summed E-state index contributed by atoms with van der Waals surface area (Å²) in [6, 6.07) is 15.6. The fourth-order valence-corrected chi connectivity index (χ4v) is 2.56. The van der Waals surface area contributed by atoms with Gasteiger partial charge in [-0.2, -0.15) is 0 Å². The molecule has 0 radical (unpaired) electrons. The number of benzene rings is 2. The van der Waals surface area contributed by atoms with E-state index in [0.29, 0.717) is 11.6 Å². The zero-order chi connectivity index (χ0) is 14.8. The van der Waals surface area contributed by atoms with Crippen molar-refractivity contribution in [2.24, 2.45) is 15.8 Å². The Morgan fingerprint density at radius 3 is 2.62 bits per heavy atom. The molecule has 2 aromatic rings. The van der Waals surface area contributed by atoms with E-state index in [0.717, 1.165) is 21.8 Å². The second kappa shape index (κ2) is 5.58. The van der Waals surface area contributed by atoms with Crippen molar-refractivity contribution in [3.8, 4) is 0 Å². The molecule has 0 unspecified atom stereocenters. The first kappa shape index (κ1) is 13.6. The summed E-state index contributed by atoms with van der Waals surface area (Å²) in [6.45, 7) is 2.71. The smallest absolute Gasteiger partial charge is 0.238 e. The minimum atomic E-state index is 0.242.